The molecule has 1 aliphatic rings. The normalized spacial score (nSPS) is 25.8. The average Bonchev–Trinajstić information content (AvgIpc) is 2.19. The van der Waals surface area contributed by atoms with Crippen LogP contribution in [-0.4, -0.2) is 12.1 Å². The van der Waals surface area contributed by atoms with Crippen molar-refractivity contribution >= 4 is 0 Å². The summed E-state index contributed by atoms with van der Waals surface area (Å²) < 4.78 is 5.72. The van der Waals surface area contributed by atoms with Crippen LogP contribution < -0.4 is 11.3 Å². The highest BCUT2D eigenvalue weighted by atomic mass is 16.5. The fourth-order valence-electron chi connectivity index (χ4n) is 1.64. The molecule has 0 aromatic heterocycles. The molecular weight excluding hydrogens is 176 g/mol. The van der Waals surface area contributed by atoms with E-state index >= 15 is 0 Å². The van der Waals surface area contributed by atoms with Gasteiger partial charge in [-0.1, -0.05) is 30.3 Å². The Labute approximate surface area is 84.2 Å². The Kier molecular flexibility index (Phi) is 3.14. The van der Waals surface area contributed by atoms with Crippen molar-refractivity contribution in [2.45, 2.75) is 31.6 Å². The summed E-state index contributed by atoms with van der Waals surface area (Å²) in [5.74, 6) is 5.36. The summed E-state index contributed by atoms with van der Waals surface area (Å²) >= 11 is 0. The van der Waals surface area contributed by atoms with Crippen LogP contribution in [0.1, 0.15) is 18.4 Å². The zero-order valence-electron chi connectivity index (χ0n) is 8.15. The van der Waals surface area contributed by atoms with Crippen molar-refractivity contribution in [1.29, 1.82) is 0 Å². The molecule has 0 aliphatic heterocycles. The molecule has 0 spiro atoms. The third kappa shape index (κ3) is 2.12. The fourth-order valence-corrected chi connectivity index (χ4v) is 1.64. The van der Waals surface area contributed by atoms with Gasteiger partial charge >= 0.3 is 0 Å². The van der Waals surface area contributed by atoms with Gasteiger partial charge in [0.05, 0.1) is 12.7 Å². The van der Waals surface area contributed by atoms with Crippen molar-refractivity contribution in [1.82, 2.24) is 5.43 Å². The van der Waals surface area contributed by atoms with E-state index in [1.54, 1.807) is 0 Å². The highest BCUT2D eigenvalue weighted by molar-refractivity contribution is 5.13. The second-order valence-corrected chi connectivity index (χ2v) is 3.69. The third-order valence-electron chi connectivity index (χ3n) is 2.73. The number of benzene rings is 1. The number of hydrazine groups is 1. The zero-order chi connectivity index (χ0) is 9.80. The van der Waals surface area contributed by atoms with Gasteiger partial charge in [0.2, 0.25) is 0 Å². The molecule has 3 nitrogen and oxygen atoms in total. The van der Waals surface area contributed by atoms with Gasteiger partial charge in [-0.3, -0.25) is 11.3 Å². The van der Waals surface area contributed by atoms with Gasteiger partial charge in [0.1, 0.15) is 0 Å². The molecule has 0 saturated heterocycles. The molecule has 2 unspecified atom stereocenters. The molecule has 3 heteroatoms. The molecular formula is C11H16N2O. The standard InChI is InChI=1S/C11H16N2O/c12-13-10-6-7-11(10)14-8-9-4-2-1-3-5-9/h1-5,10-11,13H,6-8,12H2. The van der Waals surface area contributed by atoms with E-state index in [-0.39, 0.29) is 0 Å². The lowest BCUT2D eigenvalue weighted by Gasteiger charge is -2.35. The topological polar surface area (TPSA) is 47.3 Å². The maximum atomic E-state index is 5.72. The van der Waals surface area contributed by atoms with Crippen LogP contribution in [0.3, 0.4) is 0 Å². The molecule has 0 bridgehead atoms. The van der Waals surface area contributed by atoms with Crippen LogP contribution >= 0.6 is 0 Å². The number of nitrogens with one attached hydrogen (secondary N) is 1. The number of hydrogen-bond donors (Lipinski definition) is 2. The minimum absolute atomic E-state index is 0.292. The van der Waals surface area contributed by atoms with Gasteiger partial charge in [0.25, 0.3) is 0 Å². The van der Waals surface area contributed by atoms with Crippen LogP contribution in [0.2, 0.25) is 0 Å². The number of rotatable bonds is 4. The predicted molar refractivity (Wildman–Crippen MR) is 55.4 cm³/mol. The lowest BCUT2D eigenvalue weighted by Crippen LogP contribution is -2.52. The summed E-state index contributed by atoms with van der Waals surface area (Å²) in [6.07, 6.45) is 2.53. The van der Waals surface area contributed by atoms with Gasteiger partial charge in [-0.2, -0.15) is 0 Å². The van der Waals surface area contributed by atoms with Crippen LogP contribution in [-0.2, 0) is 11.3 Å². The SMILES string of the molecule is NNC1CCC1OCc1ccccc1. The lowest BCUT2D eigenvalue weighted by molar-refractivity contribution is -0.0358. The first kappa shape index (κ1) is 9.65. The molecule has 2 atom stereocenters. The Morgan fingerprint density at radius 1 is 1.29 bits per heavy atom. The van der Waals surface area contributed by atoms with Crippen molar-refractivity contribution in [3.05, 3.63) is 35.9 Å². The van der Waals surface area contributed by atoms with E-state index in [4.69, 9.17) is 10.6 Å². The lowest BCUT2D eigenvalue weighted by atomic mass is 9.89. The first-order valence-electron chi connectivity index (χ1n) is 5.02. The minimum Gasteiger partial charge on any atom is -0.372 e. The van der Waals surface area contributed by atoms with E-state index in [0.717, 1.165) is 12.8 Å². The van der Waals surface area contributed by atoms with Crippen molar-refractivity contribution in [2.24, 2.45) is 5.84 Å². The molecule has 0 radical (unpaired) electrons. The number of ether oxygens (including phenoxy) is 1. The van der Waals surface area contributed by atoms with E-state index in [1.165, 1.54) is 5.56 Å². The van der Waals surface area contributed by atoms with E-state index < -0.39 is 0 Å². The number of nitrogens with two attached hydrogens (primary N) is 1. The molecule has 1 aliphatic carbocycles. The van der Waals surface area contributed by atoms with Crippen LogP contribution in [0.4, 0.5) is 0 Å². The maximum Gasteiger partial charge on any atom is 0.0746 e. The van der Waals surface area contributed by atoms with Crippen molar-refractivity contribution in [2.75, 3.05) is 0 Å². The van der Waals surface area contributed by atoms with E-state index in [9.17, 15) is 0 Å². The summed E-state index contributed by atoms with van der Waals surface area (Å²) in [4.78, 5) is 0. The molecule has 76 valence electrons. The van der Waals surface area contributed by atoms with Gasteiger partial charge in [0.15, 0.2) is 0 Å². The summed E-state index contributed by atoms with van der Waals surface area (Å²) in [6.45, 7) is 0.684. The van der Waals surface area contributed by atoms with Crippen LogP contribution in [0.5, 0.6) is 0 Å². The molecule has 2 rings (SSSR count). The monoisotopic (exact) mass is 192 g/mol. The van der Waals surface area contributed by atoms with E-state index in [1.807, 2.05) is 18.2 Å². The van der Waals surface area contributed by atoms with Crippen LogP contribution in [0.25, 0.3) is 0 Å². The van der Waals surface area contributed by atoms with Crippen LogP contribution in [0.15, 0.2) is 30.3 Å². The summed E-state index contributed by atoms with van der Waals surface area (Å²) in [5, 5.41) is 0. The predicted octanol–water partition coefficient (Wildman–Crippen LogP) is 1.20. The fraction of sp³-hybridized carbons (Fsp3) is 0.455. The molecule has 1 aromatic rings. The zero-order valence-corrected chi connectivity index (χ0v) is 8.15. The highest BCUT2D eigenvalue weighted by Gasteiger charge is 2.30. The molecule has 0 heterocycles. The molecule has 0 amide bonds. The highest BCUT2D eigenvalue weighted by Crippen LogP contribution is 2.23. The Morgan fingerprint density at radius 3 is 2.64 bits per heavy atom. The van der Waals surface area contributed by atoms with E-state index in [0.29, 0.717) is 18.8 Å². The molecule has 1 saturated carbocycles. The van der Waals surface area contributed by atoms with Crippen molar-refractivity contribution in [3.63, 3.8) is 0 Å². The molecule has 1 fully saturated rings. The van der Waals surface area contributed by atoms with Gasteiger partial charge < -0.3 is 4.74 Å². The van der Waals surface area contributed by atoms with Gasteiger partial charge in [-0.05, 0) is 18.4 Å². The van der Waals surface area contributed by atoms with E-state index in [2.05, 4.69) is 17.6 Å². The number of hydrogen-bond acceptors (Lipinski definition) is 3. The summed E-state index contributed by atoms with van der Waals surface area (Å²) in [6, 6.07) is 10.6. The molecule has 14 heavy (non-hydrogen) atoms. The van der Waals surface area contributed by atoms with Gasteiger partial charge in [0, 0.05) is 6.04 Å². The second kappa shape index (κ2) is 4.55. The smallest absolute Gasteiger partial charge is 0.0746 e. The Bertz CT molecular complexity index is 274. The molecule has 1 aromatic carbocycles. The van der Waals surface area contributed by atoms with Crippen LogP contribution in [0, 0.1) is 0 Å². The Hall–Kier alpha value is -0.900. The summed E-state index contributed by atoms with van der Waals surface area (Å²) in [7, 11) is 0. The average molecular weight is 192 g/mol. The first-order valence-corrected chi connectivity index (χ1v) is 5.02. The van der Waals surface area contributed by atoms with Crippen molar-refractivity contribution in [3.8, 4) is 0 Å². The third-order valence-corrected chi connectivity index (χ3v) is 2.73. The maximum absolute atomic E-state index is 5.72. The van der Waals surface area contributed by atoms with Crippen molar-refractivity contribution < 1.29 is 4.74 Å². The minimum atomic E-state index is 0.292. The molecule has 3 N–H and O–H groups in total. The second-order valence-electron chi connectivity index (χ2n) is 3.69. The first-order chi connectivity index (χ1) is 6.90. The quantitative estimate of drug-likeness (QED) is 0.556. The van der Waals surface area contributed by atoms with Gasteiger partial charge in [-0.15, -0.1) is 0 Å². The summed E-state index contributed by atoms with van der Waals surface area (Å²) in [5.41, 5.74) is 3.98. The Morgan fingerprint density at radius 2 is 2.07 bits per heavy atom. The largest absolute Gasteiger partial charge is 0.372 e. The Balaban J connectivity index is 1.78. The van der Waals surface area contributed by atoms with Gasteiger partial charge in [-0.25, -0.2) is 0 Å².